The van der Waals surface area contributed by atoms with Gasteiger partial charge in [-0.05, 0) is 27.5 Å². The summed E-state index contributed by atoms with van der Waals surface area (Å²) in [5, 5.41) is 4.30. The highest BCUT2D eigenvalue weighted by Crippen LogP contribution is 2.36. The van der Waals surface area contributed by atoms with Gasteiger partial charge in [0.15, 0.2) is 0 Å². The quantitative estimate of drug-likeness (QED) is 0.735. The summed E-state index contributed by atoms with van der Waals surface area (Å²) in [7, 11) is 1.96. The van der Waals surface area contributed by atoms with Crippen molar-refractivity contribution in [2.24, 2.45) is 7.05 Å². The Kier molecular flexibility index (Phi) is 3.53. The van der Waals surface area contributed by atoms with E-state index in [-0.39, 0.29) is 10.8 Å². The molecule has 1 aromatic carbocycles. The molecular weight excluding hydrogens is 244 g/mol. The van der Waals surface area contributed by atoms with E-state index in [1.165, 1.54) is 22.3 Å². The Morgan fingerprint density at radius 3 is 2.05 bits per heavy atom. The summed E-state index contributed by atoms with van der Waals surface area (Å²) >= 11 is 0. The predicted octanol–water partition coefficient (Wildman–Crippen LogP) is 4.68. The van der Waals surface area contributed by atoms with E-state index >= 15 is 0 Å². The van der Waals surface area contributed by atoms with E-state index in [4.69, 9.17) is 0 Å². The Bertz CT molecular complexity index is 607. The third-order valence-corrected chi connectivity index (χ3v) is 3.71. The summed E-state index contributed by atoms with van der Waals surface area (Å²) in [6.07, 6.45) is 4.03. The molecule has 0 saturated heterocycles. The van der Waals surface area contributed by atoms with E-state index in [1.54, 1.807) is 0 Å². The molecule has 1 aromatic heterocycles. The minimum atomic E-state index is 0.117. The van der Waals surface area contributed by atoms with Gasteiger partial charge in [-0.2, -0.15) is 5.10 Å². The molecule has 1 heterocycles. The number of rotatable bonds is 1. The number of aromatic nitrogens is 2. The molecule has 0 aliphatic heterocycles. The fourth-order valence-electron chi connectivity index (χ4n) is 2.44. The molecular formula is C18H26N2. The second-order valence-corrected chi connectivity index (χ2v) is 7.66. The average Bonchev–Trinajstić information content (AvgIpc) is 2.72. The molecule has 0 atom stereocenters. The number of hydrogen-bond acceptors (Lipinski definition) is 1. The second kappa shape index (κ2) is 4.76. The van der Waals surface area contributed by atoms with Crippen LogP contribution in [-0.4, -0.2) is 9.78 Å². The lowest BCUT2D eigenvalue weighted by Gasteiger charge is -2.27. The lowest BCUT2D eigenvalue weighted by atomic mass is 9.77. The van der Waals surface area contributed by atoms with Crippen molar-refractivity contribution in [1.29, 1.82) is 0 Å². The zero-order valence-corrected chi connectivity index (χ0v) is 13.8. The molecule has 0 fully saturated rings. The van der Waals surface area contributed by atoms with Gasteiger partial charge < -0.3 is 0 Å². The molecule has 2 aromatic rings. The standard InChI is InChI=1S/C18H26N2/c1-17(2,3)14-8-9-15(13-11-19-20(7)12-13)16(10-14)18(4,5)6/h8-12H,1-7H3. The van der Waals surface area contributed by atoms with E-state index in [1.807, 2.05) is 17.9 Å². The van der Waals surface area contributed by atoms with Crippen molar-refractivity contribution < 1.29 is 0 Å². The molecule has 20 heavy (non-hydrogen) atoms. The molecule has 0 N–H and O–H groups in total. The SMILES string of the molecule is Cn1cc(-c2ccc(C(C)(C)C)cc2C(C)(C)C)cn1. The second-order valence-electron chi connectivity index (χ2n) is 7.66. The molecule has 0 spiro atoms. The molecule has 0 saturated carbocycles. The van der Waals surface area contributed by atoms with Crippen LogP contribution in [0.25, 0.3) is 11.1 Å². The summed E-state index contributed by atoms with van der Waals surface area (Å²) in [6.45, 7) is 13.6. The van der Waals surface area contributed by atoms with Crippen molar-refractivity contribution in [2.75, 3.05) is 0 Å². The van der Waals surface area contributed by atoms with Gasteiger partial charge >= 0.3 is 0 Å². The van der Waals surface area contributed by atoms with Gasteiger partial charge in [0.2, 0.25) is 0 Å². The molecule has 2 heteroatoms. The van der Waals surface area contributed by atoms with Gasteiger partial charge in [0.25, 0.3) is 0 Å². The van der Waals surface area contributed by atoms with Crippen molar-refractivity contribution in [2.45, 2.75) is 52.4 Å². The van der Waals surface area contributed by atoms with Crippen molar-refractivity contribution in [3.05, 3.63) is 41.7 Å². The smallest absolute Gasteiger partial charge is 0.0568 e. The number of nitrogens with zero attached hydrogens (tertiary/aromatic N) is 2. The van der Waals surface area contributed by atoms with Crippen molar-refractivity contribution >= 4 is 0 Å². The Morgan fingerprint density at radius 1 is 0.950 bits per heavy atom. The molecule has 0 amide bonds. The minimum Gasteiger partial charge on any atom is -0.275 e. The first-order valence-electron chi connectivity index (χ1n) is 7.23. The zero-order chi connectivity index (χ0) is 15.1. The minimum absolute atomic E-state index is 0.117. The van der Waals surface area contributed by atoms with Crippen LogP contribution in [0.4, 0.5) is 0 Å². The maximum Gasteiger partial charge on any atom is 0.0568 e. The number of hydrogen-bond donors (Lipinski definition) is 0. The molecule has 0 bridgehead atoms. The fraction of sp³-hybridized carbons (Fsp3) is 0.500. The number of aryl methyl sites for hydroxylation is 1. The van der Waals surface area contributed by atoms with E-state index in [9.17, 15) is 0 Å². The summed E-state index contributed by atoms with van der Waals surface area (Å²) in [5.41, 5.74) is 5.55. The van der Waals surface area contributed by atoms with Crippen LogP contribution in [0.5, 0.6) is 0 Å². The van der Waals surface area contributed by atoms with Gasteiger partial charge in [-0.3, -0.25) is 4.68 Å². The molecule has 0 aliphatic rings. The Balaban J connectivity index is 2.64. The highest BCUT2D eigenvalue weighted by molar-refractivity contribution is 5.68. The maximum atomic E-state index is 4.30. The topological polar surface area (TPSA) is 17.8 Å². The largest absolute Gasteiger partial charge is 0.275 e. The fourth-order valence-corrected chi connectivity index (χ4v) is 2.44. The van der Waals surface area contributed by atoms with Crippen LogP contribution in [0.15, 0.2) is 30.6 Å². The molecule has 2 nitrogen and oxygen atoms in total. The summed E-state index contributed by atoms with van der Waals surface area (Å²) in [6, 6.07) is 6.86. The van der Waals surface area contributed by atoms with Gasteiger partial charge in [0.05, 0.1) is 6.20 Å². The van der Waals surface area contributed by atoms with Gasteiger partial charge in [-0.25, -0.2) is 0 Å². The lowest BCUT2D eigenvalue weighted by molar-refractivity contribution is 0.570. The van der Waals surface area contributed by atoms with Crippen molar-refractivity contribution in [1.82, 2.24) is 9.78 Å². The third kappa shape index (κ3) is 2.95. The first-order chi connectivity index (χ1) is 9.09. The monoisotopic (exact) mass is 270 g/mol. The van der Waals surface area contributed by atoms with Gasteiger partial charge in [-0.1, -0.05) is 59.7 Å². The first-order valence-corrected chi connectivity index (χ1v) is 7.23. The van der Waals surface area contributed by atoms with Crippen LogP contribution in [0.2, 0.25) is 0 Å². The Hall–Kier alpha value is -1.57. The molecule has 0 aliphatic carbocycles. The molecule has 0 unspecified atom stereocenters. The van der Waals surface area contributed by atoms with Crippen LogP contribution in [0, 0.1) is 0 Å². The van der Waals surface area contributed by atoms with E-state index in [2.05, 4.69) is 71.0 Å². The van der Waals surface area contributed by atoms with Crippen LogP contribution in [0.1, 0.15) is 52.7 Å². The first kappa shape index (κ1) is 14.8. The van der Waals surface area contributed by atoms with Crippen molar-refractivity contribution in [3.63, 3.8) is 0 Å². The maximum absolute atomic E-state index is 4.30. The van der Waals surface area contributed by atoms with E-state index in [0.717, 1.165) is 0 Å². The summed E-state index contributed by atoms with van der Waals surface area (Å²) in [5.74, 6) is 0. The highest BCUT2D eigenvalue weighted by atomic mass is 15.2. The van der Waals surface area contributed by atoms with E-state index < -0.39 is 0 Å². The summed E-state index contributed by atoms with van der Waals surface area (Å²) < 4.78 is 1.86. The average molecular weight is 270 g/mol. The third-order valence-electron chi connectivity index (χ3n) is 3.71. The Labute approximate surface area is 122 Å². The van der Waals surface area contributed by atoms with Crippen LogP contribution < -0.4 is 0 Å². The Morgan fingerprint density at radius 2 is 1.60 bits per heavy atom. The molecule has 0 radical (unpaired) electrons. The lowest BCUT2D eigenvalue weighted by Crippen LogP contribution is -2.17. The summed E-state index contributed by atoms with van der Waals surface area (Å²) in [4.78, 5) is 0. The van der Waals surface area contributed by atoms with Crippen LogP contribution in [-0.2, 0) is 17.9 Å². The van der Waals surface area contributed by atoms with Crippen LogP contribution in [0.3, 0.4) is 0 Å². The molecule has 108 valence electrons. The highest BCUT2D eigenvalue weighted by Gasteiger charge is 2.23. The zero-order valence-electron chi connectivity index (χ0n) is 13.8. The van der Waals surface area contributed by atoms with Gasteiger partial charge in [-0.15, -0.1) is 0 Å². The number of benzene rings is 1. The van der Waals surface area contributed by atoms with Gasteiger partial charge in [0.1, 0.15) is 0 Å². The van der Waals surface area contributed by atoms with E-state index in [0.29, 0.717) is 0 Å². The normalized spacial score (nSPS) is 12.8. The predicted molar refractivity (Wildman–Crippen MR) is 86.0 cm³/mol. The molecule has 2 rings (SSSR count). The van der Waals surface area contributed by atoms with Crippen LogP contribution >= 0.6 is 0 Å². The van der Waals surface area contributed by atoms with Crippen molar-refractivity contribution in [3.8, 4) is 11.1 Å². The van der Waals surface area contributed by atoms with Gasteiger partial charge in [0, 0.05) is 18.8 Å².